The number of hydrogen-bond acceptors (Lipinski definition) is 5. The Morgan fingerprint density at radius 3 is 2.42 bits per heavy atom. The number of aryl methyl sites for hydroxylation is 1. The number of nitrogens with one attached hydrogen (secondary N) is 1. The molecule has 6 nitrogen and oxygen atoms in total. The molecule has 0 aliphatic carbocycles. The predicted octanol–water partition coefficient (Wildman–Crippen LogP) is 3.79. The lowest BCUT2D eigenvalue weighted by Crippen LogP contribution is -2.19. The van der Waals surface area contributed by atoms with E-state index in [0.717, 1.165) is 11.1 Å². The zero-order valence-corrected chi connectivity index (χ0v) is 13.5. The molecule has 24 heavy (non-hydrogen) atoms. The highest BCUT2D eigenvalue weighted by atomic mass is 32.2. The number of nitro groups is 1. The number of hydrogen-bond donors (Lipinski definition) is 1. The fourth-order valence-corrected chi connectivity index (χ4v) is 2.90. The molecular formula is C17H13N3O3S. The summed E-state index contributed by atoms with van der Waals surface area (Å²) in [6.07, 6.45) is 1.80. The molecule has 7 heteroatoms. The lowest BCUT2D eigenvalue weighted by Gasteiger charge is -1.96. The Balaban J connectivity index is 1.78. The zero-order chi connectivity index (χ0) is 17.1. The van der Waals surface area contributed by atoms with Crippen LogP contribution in [0.4, 0.5) is 11.4 Å². The molecule has 2 aromatic rings. The molecule has 0 aromatic heterocycles. The van der Waals surface area contributed by atoms with Crippen LogP contribution in [0.25, 0.3) is 6.08 Å². The van der Waals surface area contributed by atoms with Gasteiger partial charge in [0.05, 0.1) is 15.5 Å². The van der Waals surface area contributed by atoms with Gasteiger partial charge in [0.1, 0.15) is 0 Å². The third-order valence-corrected chi connectivity index (χ3v) is 4.23. The van der Waals surface area contributed by atoms with Crippen molar-refractivity contribution >= 4 is 40.3 Å². The maximum Gasteiger partial charge on any atom is 0.269 e. The van der Waals surface area contributed by atoms with E-state index in [2.05, 4.69) is 10.3 Å². The van der Waals surface area contributed by atoms with Gasteiger partial charge in [-0.2, -0.15) is 0 Å². The minimum absolute atomic E-state index is 0.00187. The van der Waals surface area contributed by atoms with Crippen molar-refractivity contribution in [1.29, 1.82) is 0 Å². The summed E-state index contributed by atoms with van der Waals surface area (Å²) in [7, 11) is 0. The van der Waals surface area contributed by atoms with Gasteiger partial charge in [0.2, 0.25) is 0 Å². The van der Waals surface area contributed by atoms with Crippen LogP contribution < -0.4 is 5.32 Å². The Hall–Kier alpha value is -2.93. The third-order valence-electron chi connectivity index (χ3n) is 3.32. The standard InChI is InChI=1S/C17H13N3O3S/c1-11-2-4-12(5-3-11)10-15-16(21)19-17(24-15)18-13-6-8-14(9-7-13)20(22)23/h2-10H,1H3,(H,18,19,21)/b15-10-. The number of carbonyl (C=O) groups excluding carboxylic acids is 1. The van der Waals surface area contributed by atoms with Crippen LogP contribution in [-0.2, 0) is 4.79 Å². The van der Waals surface area contributed by atoms with Crippen molar-refractivity contribution in [2.45, 2.75) is 6.92 Å². The van der Waals surface area contributed by atoms with Crippen molar-refractivity contribution < 1.29 is 9.72 Å². The number of amides is 1. The summed E-state index contributed by atoms with van der Waals surface area (Å²) in [4.78, 5) is 27.0. The Labute approximate surface area is 142 Å². The first-order chi connectivity index (χ1) is 11.5. The van der Waals surface area contributed by atoms with Gasteiger partial charge in [-0.05, 0) is 42.5 Å². The van der Waals surface area contributed by atoms with Crippen LogP contribution in [0.3, 0.4) is 0 Å². The van der Waals surface area contributed by atoms with E-state index in [1.54, 1.807) is 18.2 Å². The monoisotopic (exact) mass is 339 g/mol. The lowest BCUT2D eigenvalue weighted by molar-refractivity contribution is -0.384. The van der Waals surface area contributed by atoms with Crippen molar-refractivity contribution in [2.24, 2.45) is 4.99 Å². The summed E-state index contributed by atoms with van der Waals surface area (Å²) in [5.41, 5.74) is 2.64. The van der Waals surface area contributed by atoms with Crippen LogP contribution in [0.1, 0.15) is 11.1 Å². The molecule has 3 rings (SSSR count). The first-order valence-corrected chi connectivity index (χ1v) is 7.93. The topological polar surface area (TPSA) is 84.6 Å². The normalized spacial score (nSPS) is 17.3. The molecule has 0 bridgehead atoms. The number of amidine groups is 1. The van der Waals surface area contributed by atoms with E-state index in [9.17, 15) is 14.9 Å². The average Bonchev–Trinajstić information content (AvgIpc) is 2.89. The fraction of sp³-hybridized carbons (Fsp3) is 0.0588. The molecule has 2 aromatic carbocycles. The van der Waals surface area contributed by atoms with E-state index in [-0.39, 0.29) is 11.6 Å². The molecule has 0 saturated carbocycles. The first kappa shape index (κ1) is 15.9. The molecule has 1 amide bonds. The Bertz CT molecular complexity index is 856. The number of rotatable bonds is 3. The molecule has 0 unspecified atom stereocenters. The van der Waals surface area contributed by atoms with E-state index in [4.69, 9.17) is 0 Å². The summed E-state index contributed by atoms with van der Waals surface area (Å²) in [6.45, 7) is 2.00. The number of thioether (sulfide) groups is 1. The molecule has 0 spiro atoms. The molecule has 1 saturated heterocycles. The minimum atomic E-state index is -0.467. The summed E-state index contributed by atoms with van der Waals surface area (Å²) in [6, 6.07) is 13.7. The second-order valence-electron chi connectivity index (χ2n) is 5.17. The van der Waals surface area contributed by atoms with E-state index >= 15 is 0 Å². The largest absolute Gasteiger partial charge is 0.300 e. The summed E-state index contributed by atoms with van der Waals surface area (Å²) < 4.78 is 0. The number of carbonyl (C=O) groups is 1. The quantitative estimate of drug-likeness (QED) is 0.524. The summed E-state index contributed by atoms with van der Waals surface area (Å²) in [5, 5.41) is 13.8. The smallest absolute Gasteiger partial charge is 0.269 e. The first-order valence-electron chi connectivity index (χ1n) is 7.12. The van der Waals surface area contributed by atoms with E-state index < -0.39 is 4.92 Å². The van der Waals surface area contributed by atoms with Gasteiger partial charge >= 0.3 is 0 Å². The van der Waals surface area contributed by atoms with Gasteiger partial charge in [-0.15, -0.1) is 0 Å². The molecule has 0 radical (unpaired) electrons. The summed E-state index contributed by atoms with van der Waals surface area (Å²) in [5.74, 6) is -0.207. The molecule has 1 fully saturated rings. The average molecular weight is 339 g/mol. The number of aliphatic imine (C=N–C) groups is 1. The third kappa shape index (κ3) is 3.69. The number of non-ortho nitro benzene ring substituents is 1. The van der Waals surface area contributed by atoms with Gasteiger partial charge in [-0.25, -0.2) is 4.99 Å². The number of nitrogens with zero attached hydrogens (tertiary/aromatic N) is 2. The molecule has 1 aliphatic rings. The van der Waals surface area contributed by atoms with E-state index in [0.29, 0.717) is 15.8 Å². The Kier molecular flexibility index (Phi) is 4.43. The van der Waals surface area contributed by atoms with Crippen molar-refractivity contribution in [3.8, 4) is 0 Å². The molecule has 1 N–H and O–H groups in total. The van der Waals surface area contributed by atoms with Crippen LogP contribution in [0, 0.1) is 17.0 Å². The lowest BCUT2D eigenvalue weighted by atomic mass is 10.1. The van der Waals surface area contributed by atoms with Gasteiger partial charge in [0.15, 0.2) is 5.17 Å². The number of benzene rings is 2. The highest BCUT2D eigenvalue weighted by molar-refractivity contribution is 8.18. The van der Waals surface area contributed by atoms with Gasteiger partial charge in [0.25, 0.3) is 11.6 Å². The van der Waals surface area contributed by atoms with Crippen LogP contribution in [0.15, 0.2) is 58.4 Å². The molecule has 120 valence electrons. The second-order valence-corrected chi connectivity index (χ2v) is 6.20. The molecule has 1 aliphatic heterocycles. The van der Waals surface area contributed by atoms with Crippen molar-refractivity contribution in [3.05, 3.63) is 74.7 Å². The highest BCUT2D eigenvalue weighted by Gasteiger charge is 2.23. The van der Waals surface area contributed by atoms with Crippen LogP contribution in [-0.4, -0.2) is 16.0 Å². The Morgan fingerprint density at radius 2 is 1.79 bits per heavy atom. The van der Waals surface area contributed by atoms with Crippen molar-refractivity contribution in [2.75, 3.05) is 0 Å². The minimum Gasteiger partial charge on any atom is -0.300 e. The summed E-state index contributed by atoms with van der Waals surface area (Å²) >= 11 is 1.24. The maximum absolute atomic E-state index is 12.0. The highest BCUT2D eigenvalue weighted by Crippen LogP contribution is 2.28. The van der Waals surface area contributed by atoms with Crippen LogP contribution >= 0.6 is 11.8 Å². The zero-order valence-electron chi connectivity index (χ0n) is 12.7. The van der Waals surface area contributed by atoms with Crippen LogP contribution in [0.2, 0.25) is 0 Å². The maximum atomic E-state index is 12.0. The van der Waals surface area contributed by atoms with Gasteiger partial charge in [0, 0.05) is 12.1 Å². The van der Waals surface area contributed by atoms with Crippen LogP contribution in [0.5, 0.6) is 0 Å². The Morgan fingerprint density at radius 1 is 1.12 bits per heavy atom. The SMILES string of the molecule is Cc1ccc(/C=C2\SC(=Nc3ccc([N+](=O)[O-])cc3)NC2=O)cc1. The molecular weight excluding hydrogens is 326 g/mol. The van der Waals surface area contributed by atoms with Gasteiger partial charge in [-0.3, -0.25) is 14.9 Å². The fourth-order valence-electron chi connectivity index (χ4n) is 2.06. The number of nitro benzene ring substituents is 1. The van der Waals surface area contributed by atoms with E-state index in [1.165, 1.54) is 23.9 Å². The van der Waals surface area contributed by atoms with E-state index in [1.807, 2.05) is 31.2 Å². The van der Waals surface area contributed by atoms with Crippen molar-refractivity contribution in [3.63, 3.8) is 0 Å². The van der Waals surface area contributed by atoms with Crippen molar-refractivity contribution in [1.82, 2.24) is 5.32 Å². The van der Waals surface area contributed by atoms with Gasteiger partial charge < -0.3 is 5.32 Å². The second kappa shape index (κ2) is 6.67. The molecule has 0 atom stereocenters. The predicted molar refractivity (Wildman–Crippen MR) is 95.1 cm³/mol. The van der Waals surface area contributed by atoms with Gasteiger partial charge in [-0.1, -0.05) is 29.8 Å². The molecule has 1 heterocycles.